The number of carboxylic acid groups (broad SMARTS) is 1. The molecule has 3 heterocycles. The maximum Gasteiger partial charge on any atom is 0.357 e. The van der Waals surface area contributed by atoms with Gasteiger partial charge < -0.3 is 5.11 Å². The molecule has 1 saturated heterocycles. The van der Waals surface area contributed by atoms with Gasteiger partial charge in [0, 0.05) is 33.7 Å². The highest BCUT2D eigenvalue weighted by Gasteiger charge is 2.16. The number of likely N-dealkylation sites (tertiary alicyclic amines) is 1. The predicted molar refractivity (Wildman–Crippen MR) is 178 cm³/mol. The van der Waals surface area contributed by atoms with E-state index >= 15 is 0 Å². The minimum Gasteiger partial charge on any atom is -0.476 e. The molecule has 3 aromatic carbocycles. The molecule has 222 valence electrons. The second-order valence-corrected chi connectivity index (χ2v) is 11.1. The number of aromatic carboxylic acids is 1. The highest BCUT2D eigenvalue weighted by Crippen LogP contribution is 2.25. The zero-order valence-corrected chi connectivity index (χ0v) is 26.1. The summed E-state index contributed by atoms with van der Waals surface area (Å²) >= 11 is 12.0. The molecular weight excluding hydrogens is 603 g/mol. The molecule has 1 N–H and O–H groups in total. The number of para-hydroxylation sites is 1. The number of aryl methyl sites for hydroxylation is 1. The van der Waals surface area contributed by atoms with Gasteiger partial charge in [0.25, 0.3) is 0 Å². The van der Waals surface area contributed by atoms with Gasteiger partial charge in [-0.05, 0) is 74.3 Å². The molecule has 6 nitrogen and oxygen atoms in total. The number of pyridine rings is 1. The second-order valence-electron chi connectivity index (χ2n) is 10.3. The van der Waals surface area contributed by atoms with Gasteiger partial charge in [0.2, 0.25) is 0 Å². The SMILES string of the molecule is Cc1ccc(/C(=C\CN2CCCC2)c2ccccn2)cc1.Cl.O=C(O)c1nn(Cc2ccc(Cl)cc2Cl)c2ccccc12. The van der Waals surface area contributed by atoms with Gasteiger partial charge in [-0.1, -0.05) is 89.4 Å². The fraction of sp³-hybridized carbons (Fsp3) is 0.206. The summed E-state index contributed by atoms with van der Waals surface area (Å²) in [5.74, 6) is -1.05. The molecule has 0 saturated carbocycles. The van der Waals surface area contributed by atoms with Gasteiger partial charge in [-0.15, -0.1) is 12.4 Å². The predicted octanol–water partition coefficient (Wildman–Crippen LogP) is 8.43. The van der Waals surface area contributed by atoms with Gasteiger partial charge in [0.1, 0.15) is 0 Å². The summed E-state index contributed by atoms with van der Waals surface area (Å²) < 4.78 is 1.63. The van der Waals surface area contributed by atoms with Gasteiger partial charge in [0.05, 0.1) is 17.8 Å². The lowest BCUT2D eigenvalue weighted by Gasteiger charge is -2.14. The number of benzene rings is 3. The lowest BCUT2D eigenvalue weighted by atomic mass is 10.0. The first kappa shape index (κ1) is 32.2. The van der Waals surface area contributed by atoms with Crippen molar-refractivity contribution >= 4 is 58.1 Å². The fourth-order valence-corrected chi connectivity index (χ4v) is 5.50. The first-order valence-corrected chi connectivity index (χ1v) is 14.7. The van der Waals surface area contributed by atoms with Crippen LogP contribution in [0.3, 0.4) is 0 Å². The van der Waals surface area contributed by atoms with Gasteiger partial charge >= 0.3 is 5.97 Å². The zero-order valence-electron chi connectivity index (χ0n) is 23.8. The Labute approximate surface area is 268 Å². The van der Waals surface area contributed by atoms with Crippen LogP contribution in [0.15, 0.2) is 97.2 Å². The molecular formula is C34H33Cl3N4O2. The lowest BCUT2D eigenvalue weighted by molar-refractivity contribution is 0.0691. The van der Waals surface area contributed by atoms with E-state index in [2.05, 4.69) is 64.4 Å². The van der Waals surface area contributed by atoms with Crippen LogP contribution in [0, 0.1) is 6.92 Å². The van der Waals surface area contributed by atoms with Crippen LogP contribution in [-0.4, -0.2) is 50.4 Å². The Hall–Kier alpha value is -3.68. The molecule has 0 unspecified atom stereocenters. The topological polar surface area (TPSA) is 71.2 Å². The summed E-state index contributed by atoms with van der Waals surface area (Å²) in [7, 11) is 0. The van der Waals surface area contributed by atoms with Gasteiger partial charge in [-0.25, -0.2) is 4.79 Å². The van der Waals surface area contributed by atoms with Crippen LogP contribution >= 0.6 is 35.6 Å². The van der Waals surface area contributed by atoms with E-state index in [1.807, 2.05) is 30.5 Å². The van der Waals surface area contributed by atoms with Crippen LogP contribution in [0.2, 0.25) is 10.0 Å². The molecule has 1 aliphatic heterocycles. The van der Waals surface area contributed by atoms with Crippen molar-refractivity contribution < 1.29 is 9.90 Å². The average molecular weight is 636 g/mol. The van der Waals surface area contributed by atoms with Crippen LogP contribution in [-0.2, 0) is 6.54 Å². The third-order valence-corrected chi connectivity index (χ3v) is 7.84. The first-order valence-electron chi connectivity index (χ1n) is 13.9. The summed E-state index contributed by atoms with van der Waals surface area (Å²) in [6.45, 7) is 5.96. The van der Waals surface area contributed by atoms with Crippen molar-refractivity contribution in [1.29, 1.82) is 0 Å². The minimum absolute atomic E-state index is 0. The molecule has 43 heavy (non-hydrogen) atoms. The third kappa shape index (κ3) is 8.24. The van der Waals surface area contributed by atoms with Crippen molar-refractivity contribution in [2.24, 2.45) is 0 Å². The van der Waals surface area contributed by atoms with Crippen molar-refractivity contribution in [3.63, 3.8) is 0 Å². The third-order valence-electron chi connectivity index (χ3n) is 7.25. The van der Waals surface area contributed by atoms with Gasteiger partial charge in [-0.3, -0.25) is 14.6 Å². The molecule has 2 aromatic heterocycles. The Morgan fingerprint density at radius 1 is 0.953 bits per heavy atom. The quantitative estimate of drug-likeness (QED) is 0.194. The van der Waals surface area contributed by atoms with Crippen LogP contribution in [0.1, 0.15) is 45.7 Å². The molecule has 0 amide bonds. The normalized spacial score (nSPS) is 13.3. The monoisotopic (exact) mass is 634 g/mol. The number of aromatic nitrogens is 3. The van der Waals surface area contributed by atoms with E-state index in [1.54, 1.807) is 28.9 Å². The molecule has 1 aliphatic rings. The average Bonchev–Trinajstić information content (AvgIpc) is 3.65. The maximum atomic E-state index is 11.3. The zero-order chi connectivity index (χ0) is 29.5. The summed E-state index contributed by atoms with van der Waals surface area (Å²) in [6, 6.07) is 27.3. The molecule has 9 heteroatoms. The lowest BCUT2D eigenvalue weighted by Crippen LogP contribution is -2.19. The maximum absolute atomic E-state index is 11.3. The van der Waals surface area contributed by atoms with Gasteiger partial charge in [-0.2, -0.15) is 5.10 Å². The molecule has 0 atom stereocenters. The number of carboxylic acids is 1. The molecule has 0 bridgehead atoms. The molecule has 1 fully saturated rings. The van der Waals surface area contributed by atoms with E-state index < -0.39 is 5.97 Å². The van der Waals surface area contributed by atoms with Crippen LogP contribution in [0.5, 0.6) is 0 Å². The Kier molecular flexibility index (Phi) is 11.4. The molecule has 0 radical (unpaired) electrons. The number of nitrogens with zero attached hydrogens (tertiary/aromatic N) is 4. The Morgan fingerprint density at radius 3 is 2.35 bits per heavy atom. The fourth-order valence-electron chi connectivity index (χ4n) is 5.03. The van der Waals surface area contributed by atoms with E-state index in [-0.39, 0.29) is 18.1 Å². The van der Waals surface area contributed by atoms with Crippen molar-refractivity contribution in [3.8, 4) is 0 Å². The van der Waals surface area contributed by atoms with Crippen LogP contribution in [0.25, 0.3) is 16.5 Å². The molecule has 6 rings (SSSR count). The van der Waals surface area contributed by atoms with Crippen LogP contribution < -0.4 is 0 Å². The van der Waals surface area contributed by atoms with Crippen molar-refractivity contribution in [2.45, 2.75) is 26.3 Å². The number of hydrogen-bond donors (Lipinski definition) is 1. The number of rotatable bonds is 7. The van der Waals surface area contributed by atoms with E-state index in [9.17, 15) is 9.90 Å². The minimum atomic E-state index is -1.05. The summed E-state index contributed by atoms with van der Waals surface area (Å²) in [5.41, 5.74) is 6.45. The highest BCUT2D eigenvalue weighted by atomic mass is 35.5. The van der Waals surface area contributed by atoms with Crippen molar-refractivity contribution in [3.05, 3.63) is 135 Å². The Bertz CT molecular complexity index is 1700. The Morgan fingerprint density at radius 2 is 1.67 bits per heavy atom. The van der Waals surface area contributed by atoms with E-state index in [4.69, 9.17) is 23.2 Å². The highest BCUT2D eigenvalue weighted by molar-refractivity contribution is 6.35. The molecule has 0 aliphatic carbocycles. The smallest absolute Gasteiger partial charge is 0.357 e. The Balaban J connectivity index is 0.000000192. The van der Waals surface area contributed by atoms with E-state index in [1.165, 1.54) is 42.6 Å². The first-order chi connectivity index (χ1) is 20.4. The largest absolute Gasteiger partial charge is 0.476 e. The van der Waals surface area contributed by atoms with Gasteiger partial charge in [0.15, 0.2) is 5.69 Å². The van der Waals surface area contributed by atoms with Crippen molar-refractivity contribution in [1.82, 2.24) is 19.7 Å². The van der Waals surface area contributed by atoms with E-state index in [0.717, 1.165) is 23.3 Å². The molecule has 0 spiro atoms. The number of carbonyl (C=O) groups is 1. The standard InChI is InChI=1S/C19H22N2.C15H10Cl2N2O2.ClH/c1-16-7-9-17(10-8-16)18(19-6-2-3-12-20-19)11-15-21-13-4-5-14-21;16-10-6-5-9(12(17)7-10)8-19-13-4-2-1-3-11(13)14(18-19)15(20)21;/h2-3,6-12H,4-5,13-15H2,1H3;1-7H,8H2,(H,20,21);1H/b18-11+;;. The molecule has 5 aromatic rings. The van der Waals surface area contributed by atoms with Crippen LogP contribution in [0.4, 0.5) is 0 Å². The number of halogens is 3. The van der Waals surface area contributed by atoms with E-state index in [0.29, 0.717) is 22.0 Å². The van der Waals surface area contributed by atoms with Crippen molar-refractivity contribution in [2.75, 3.05) is 19.6 Å². The second kappa shape index (κ2) is 15.2. The summed E-state index contributed by atoms with van der Waals surface area (Å²) in [5, 5.41) is 15.1. The summed E-state index contributed by atoms with van der Waals surface area (Å²) in [6.07, 6.45) is 6.86. The number of fused-ring (bicyclic) bond motifs is 1. The summed E-state index contributed by atoms with van der Waals surface area (Å²) in [4.78, 5) is 18.3. The number of hydrogen-bond acceptors (Lipinski definition) is 4.